The highest BCUT2D eigenvalue weighted by atomic mass is 16.6. The van der Waals surface area contributed by atoms with E-state index in [0.29, 0.717) is 25.4 Å². The van der Waals surface area contributed by atoms with Crippen molar-refractivity contribution < 1.29 is 33.3 Å². The van der Waals surface area contributed by atoms with E-state index in [1.54, 1.807) is 33.3 Å². The van der Waals surface area contributed by atoms with Gasteiger partial charge in [0.2, 0.25) is 5.91 Å². The number of nitrogens with zero attached hydrogens (tertiary/aromatic N) is 2. The van der Waals surface area contributed by atoms with Gasteiger partial charge in [-0.05, 0) is 120 Å². The van der Waals surface area contributed by atoms with Gasteiger partial charge in [0.15, 0.2) is 23.0 Å². The van der Waals surface area contributed by atoms with Crippen LogP contribution in [0.4, 0.5) is 4.79 Å². The summed E-state index contributed by atoms with van der Waals surface area (Å²) in [4.78, 5) is 30.7. The quantitative estimate of drug-likeness (QED) is 0.232. The molecule has 0 aromatic heterocycles. The topological polar surface area (TPSA) is 86.8 Å². The van der Waals surface area contributed by atoms with E-state index in [1.165, 1.54) is 11.1 Å². The van der Waals surface area contributed by atoms with Gasteiger partial charge in [0.25, 0.3) is 0 Å². The second kappa shape index (κ2) is 15.6. The zero-order valence-electron chi connectivity index (χ0n) is 28.2. The number of likely N-dealkylation sites (tertiary alicyclic amines) is 1. The van der Waals surface area contributed by atoms with Crippen LogP contribution >= 0.6 is 0 Å². The molecule has 0 N–H and O–H groups in total. The van der Waals surface area contributed by atoms with Gasteiger partial charge in [-0.25, -0.2) is 4.79 Å². The third kappa shape index (κ3) is 8.98. The lowest BCUT2D eigenvalue weighted by Gasteiger charge is -2.49. The average molecular weight is 625 g/mol. The number of ether oxygens (including phenoxy) is 5. The molecule has 2 aromatic carbocycles. The fourth-order valence-electron chi connectivity index (χ4n) is 6.71. The number of rotatable bonds is 14. The third-order valence-corrected chi connectivity index (χ3v) is 8.91. The van der Waals surface area contributed by atoms with E-state index in [0.717, 1.165) is 74.4 Å². The van der Waals surface area contributed by atoms with Gasteiger partial charge in [0, 0.05) is 13.1 Å². The van der Waals surface area contributed by atoms with Gasteiger partial charge in [-0.1, -0.05) is 12.1 Å². The summed E-state index contributed by atoms with van der Waals surface area (Å²) in [5.41, 5.74) is 1.81. The SMILES string of the molecule is COc1ccc(CCCC(CCCc2ccc(OC)c(OC)c2)CN2CC3CCCC(C2=O)N3C(=O)OC(C)(C)C)cc1OC. The minimum Gasteiger partial charge on any atom is -0.493 e. The van der Waals surface area contributed by atoms with Gasteiger partial charge in [-0.15, -0.1) is 0 Å². The van der Waals surface area contributed by atoms with Crippen LogP contribution < -0.4 is 18.9 Å². The lowest BCUT2D eigenvalue weighted by Crippen LogP contribution is -2.66. The smallest absolute Gasteiger partial charge is 0.411 e. The monoisotopic (exact) mass is 624 g/mol. The number of piperazine rings is 1. The number of aryl methyl sites for hydroxylation is 2. The standard InChI is InChI=1S/C36H52N2O7/c1-36(2,3)45-35(40)38-28-15-10-16-29(38)34(39)37(24-28)23-27(13-8-11-25-17-19-30(41-4)32(21-25)43-6)14-9-12-26-18-20-31(42-5)33(22-26)44-7/h17-22,27-29H,8-16,23-24H2,1-7H3. The van der Waals surface area contributed by atoms with Gasteiger partial charge in [0.05, 0.1) is 34.5 Å². The number of hydrogen-bond donors (Lipinski definition) is 0. The van der Waals surface area contributed by atoms with Crippen LogP contribution in [0.5, 0.6) is 23.0 Å². The molecular weight excluding hydrogens is 572 g/mol. The molecule has 2 bridgehead atoms. The number of fused-ring (bicyclic) bond motifs is 2. The number of carbonyl (C=O) groups is 2. The molecule has 0 radical (unpaired) electrons. The molecule has 2 amide bonds. The molecule has 0 spiro atoms. The minimum absolute atomic E-state index is 0.00419. The van der Waals surface area contributed by atoms with E-state index in [1.807, 2.05) is 49.9 Å². The van der Waals surface area contributed by atoms with Crippen LogP contribution in [0.1, 0.15) is 76.8 Å². The Labute approximate surface area is 269 Å². The summed E-state index contributed by atoms with van der Waals surface area (Å²) in [5.74, 6) is 3.32. The van der Waals surface area contributed by atoms with Gasteiger partial charge in [0.1, 0.15) is 11.6 Å². The molecule has 4 rings (SSSR count). The first-order valence-electron chi connectivity index (χ1n) is 16.3. The highest BCUT2D eigenvalue weighted by Crippen LogP contribution is 2.34. The second-order valence-electron chi connectivity index (χ2n) is 13.3. The molecule has 0 saturated carbocycles. The molecule has 2 aromatic rings. The summed E-state index contributed by atoms with van der Waals surface area (Å²) >= 11 is 0. The Morgan fingerprint density at radius 1 is 0.822 bits per heavy atom. The molecule has 2 atom stereocenters. The van der Waals surface area contributed by atoms with Crippen molar-refractivity contribution in [3.05, 3.63) is 47.5 Å². The largest absolute Gasteiger partial charge is 0.493 e. The molecule has 2 heterocycles. The summed E-state index contributed by atoms with van der Waals surface area (Å²) in [5, 5.41) is 0. The summed E-state index contributed by atoms with van der Waals surface area (Å²) in [6.45, 7) is 6.87. The van der Waals surface area contributed by atoms with Crippen molar-refractivity contribution in [1.82, 2.24) is 9.80 Å². The number of piperidine rings is 1. The predicted octanol–water partition coefficient (Wildman–Crippen LogP) is 6.68. The zero-order chi connectivity index (χ0) is 32.6. The molecule has 2 saturated heterocycles. The van der Waals surface area contributed by atoms with E-state index in [2.05, 4.69) is 12.1 Å². The van der Waals surface area contributed by atoms with Gasteiger partial charge >= 0.3 is 6.09 Å². The Morgan fingerprint density at radius 3 is 1.84 bits per heavy atom. The summed E-state index contributed by atoms with van der Waals surface area (Å²) < 4.78 is 27.5. The number of carbonyl (C=O) groups excluding carboxylic acids is 2. The Morgan fingerprint density at radius 2 is 1.36 bits per heavy atom. The summed E-state index contributed by atoms with van der Waals surface area (Å²) in [6, 6.07) is 11.7. The number of methoxy groups -OCH3 is 4. The molecule has 248 valence electrons. The van der Waals surface area contributed by atoms with Crippen molar-refractivity contribution in [1.29, 1.82) is 0 Å². The average Bonchev–Trinajstić information content (AvgIpc) is 3.02. The Kier molecular flexibility index (Phi) is 11.9. The van der Waals surface area contributed by atoms with Crippen molar-refractivity contribution in [2.75, 3.05) is 41.5 Å². The third-order valence-electron chi connectivity index (χ3n) is 8.91. The van der Waals surface area contributed by atoms with E-state index < -0.39 is 11.6 Å². The highest BCUT2D eigenvalue weighted by molar-refractivity contribution is 5.87. The molecule has 9 nitrogen and oxygen atoms in total. The van der Waals surface area contributed by atoms with Gasteiger partial charge < -0.3 is 28.6 Å². The van der Waals surface area contributed by atoms with Crippen molar-refractivity contribution >= 4 is 12.0 Å². The van der Waals surface area contributed by atoms with Crippen LogP contribution in [0.2, 0.25) is 0 Å². The fourth-order valence-corrected chi connectivity index (χ4v) is 6.71. The van der Waals surface area contributed by atoms with Crippen LogP contribution in [0.3, 0.4) is 0 Å². The molecule has 2 aliphatic heterocycles. The lowest BCUT2D eigenvalue weighted by molar-refractivity contribution is -0.148. The highest BCUT2D eigenvalue weighted by Gasteiger charge is 2.47. The fraction of sp³-hybridized carbons (Fsp3) is 0.611. The van der Waals surface area contributed by atoms with Crippen LogP contribution in [0.15, 0.2) is 36.4 Å². The van der Waals surface area contributed by atoms with Crippen LogP contribution in [-0.2, 0) is 22.4 Å². The number of amides is 2. The molecule has 0 aliphatic carbocycles. The second-order valence-corrected chi connectivity index (χ2v) is 13.3. The predicted molar refractivity (Wildman–Crippen MR) is 175 cm³/mol. The van der Waals surface area contributed by atoms with Crippen molar-refractivity contribution in [2.24, 2.45) is 5.92 Å². The summed E-state index contributed by atoms with van der Waals surface area (Å²) in [6.07, 6.45) is 7.98. The summed E-state index contributed by atoms with van der Waals surface area (Å²) in [7, 11) is 6.61. The van der Waals surface area contributed by atoms with E-state index >= 15 is 0 Å². The van der Waals surface area contributed by atoms with Gasteiger partial charge in [-0.3, -0.25) is 9.69 Å². The lowest BCUT2D eigenvalue weighted by atomic mass is 9.88. The van der Waals surface area contributed by atoms with Crippen molar-refractivity contribution in [2.45, 2.75) is 96.2 Å². The molecule has 2 fully saturated rings. The van der Waals surface area contributed by atoms with E-state index in [4.69, 9.17) is 23.7 Å². The van der Waals surface area contributed by atoms with E-state index in [9.17, 15) is 9.59 Å². The minimum atomic E-state index is -0.599. The zero-order valence-corrected chi connectivity index (χ0v) is 28.2. The first-order valence-corrected chi connectivity index (χ1v) is 16.3. The van der Waals surface area contributed by atoms with Gasteiger partial charge in [-0.2, -0.15) is 0 Å². The molecule has 2 unspecified atom stereocenters. The molecule has 45 heavy (non-hydrogen) atoms. The molecule has 9 heteroatoms. The first kappa shape index (κ1) is 34.3. The van der Waals surface area contributed by atoms with Crippen LogP contribution in [0.25, 0.3) is 0 Å². The van der Waals surface area contributed by atoms with Crippen molar-refractivity contribution in [3.63, 3.8) is 0 Å². The maximum Gasteiger partial charge on any atom is 0.411 e. The Bertz CT molecular complexity index is 1230. The first-order chi connectivity index (χ1) is 21.6. The Balaban J connectivity index is 1.44. The Hall–Kier alpha value is -3.62. The molecular formula is C36H52N2O7. The van der Waals surface area contributed by atoms with Crippen LogP contribution in [0, 0.1) is 5.92 Å². The van der Waals surface area contributed by atoms with Crippen molar-refractivity contribution in [3.8, 4) is 23.0 Å². The normalized spacial score (nSPS) is 18.2. The molecule has 2 aliphatic rings. The van der Waals surface area contributed by atoms with Crippen LogP contribution in [-0.4, -0.2) is 81.0 Å². The number of hydrogen-bond acceptors (Lipinski definition) is 7. The maximum absolute atomic E-state index is 13.8. The van der Waals surface area contributed by atoms with E-state index in [-0.39, 0.29) is 18.0 Å². The maximum atomic E-state index is 13.8. The number of benzene rings is 2.